The molecule has 1 heterocycles. The average Bonchev–Trinajstić information content (AvgIpc) is 2.41. The summed E-state index contributed by atoms with van der Waals surface area (Å²) < 4.78 is 0. The summed E-state index contributed by atoms with van der Waals surface area (Å²) in [5, 5.41) is 3.25. The van der Waals surface area contributed by atoms with Gasteiger partial charge in [-0.2, -0.15) is 0 Å². The number of pyridine rings is 1. The van der Waals surface area contributed by atoms with Gasteiger partial charge in [0.15, 0.2) is 0 Å². The third kappa shape index (κ3) is 4.83. The molecule has 112 valence electrons. The molecule has 0 aliphatic rings. The van der Waals surface area contributed by atoms with Crippen LogP contribution in [0.4, 0.5) is 5.82 Å². The fraction of sp³-hybridized carbons (Fsp3) is 0.625. The second-order valence-electron chi connectivity index (χ2n) is 5.55. The molecule has 20 heavy (non-hydrogen) atoms. The lowest BCUT2D eigenvalue weighted by atomic mass is 10.1. The van der Waals surface area contributed by atoms with Gasteiger partial charge in [-0.1, -0.05) is 20.8 Å². The molecule has 0 atom stereocenters. The molecule has 0 aliphatic heterocycles. The Morgan fingerprint density at radius 1 is 1.35 bits per heavy atom. The van der Waals surface area contributed by atoms with Gasteiger partial charge in [-0.3, -0.25) is 4.79 Å². The van der Waals surface area contributed by atoms with E-state index in [1.165, 1.54) is 0 Å². The Kier molecular flexibility index (Phi) is 6.49. The van der Waals surface area contributed by atoms with E-state index in [1.807, 2.05) is 30.9 Å². The fourth-order valence-electron chi connectivity index (χ4n) is 2.11. The Morgan fingerprint density at radius 3 is 2.60 bits per heavy atom. The topological polar surface area (TPSA) is 45.2 Å². The summed E-state index contributed by atoms with van der Waals surface area (Å²) in [5.41, 5.74) is 1.59. The Hall–Kier alpha value is -1.58. The first-order valence-electron chi connectivity index (χ1n) is 7.49. The molecular weight excluding hydrogens is 250 g/mol. The molecule has 0 unspecified atom stereocenters. The lowest BCUT2D eigenvalue weighted by molar-refractivity contribution is 0.0745. The highest BCUT2D eigenvalue weighted by Crippen LogP contribution is 2.13. The Labute approximate surface area is 122 Å². The van der Waals surface area contributed by atoms with Crippen LogP contribution in [0.2, 0.25) is 0 Å². The van der Waals surface area contributed by atoms with Crippen LogP contribution in [0.25, 0.3) is 0 Å². The van der Waals surface area contributed by atoms with Crippen LogP contribution in [0.3, 0.4) is 0 Å². The van der Waals surface area contributed by atoms with E-state index in [2.05, 4.69) is 31.1 Å². The molecule has 0 fully saturated rings. The summed E-state index contributed by atoms with van der Waals surface area (Å²) in [6.07, 6.45) is 1.04. The van der Waals surface area contributed by atoms with E-state index < -0.39 is 0 Å². The van der Waals surface area contributed by atoms with Crippen LogP contribution in [-0.4, -0.2) is 35.4 Å². The lowest BCUT2D eigenvalue weighted by Crippen LogP contribution is -2.34. The zero-order valence-electron chi connectivity index (χ0n) is 13.4. The predicted molar refractivity (Wildman–Crippen MR) is 84.2 cm³/mol. The molecule has 1 amide bonds. The van der Waals surface area contributed by atoms with E-state index in [0.717, 1.165) is 43.1 Å². The third-order valence-electron chi connectivity index (χ3n) is 3.01. The van der Waals surface area contributed by atoms with Crippen molar-refractivity contribution in [3.8, 4) is 0 Å². The summed E-state index contributed by atoms with van der Waals surface area (Å²) in [4.78, 5) is 18.9. The first-order chi connectivity index (χ1) is 9.47. The van der Waals surface area contributed by atoms with Crippen LogP contribution >= 0.6 is 0 Å². The zero-order chi connectivity index (χ0) is 15.1. The number of hydrogen-bond acceptors (Lipinski definition) is 3. The van der Waals surface area contributed by atoms with Crippen molar-refractivity contribution in [1.29, 1.82) is 0 Å². The fourth-order valence-corrected chi connectivity index (χ4v) is 2.11. The summed E-state index contributed by atoms with van der Waals surface area (Å²) in [7, 11) is 0. The molecule has 0 saturated heterocycles. The maximum absolute atomic E-state index is 12.6. The van der Waals surface area contributed by atoms with Crippen molar-refractivity contribution in [3.63, 3.8) is 0 Å². The standard InChI is InChI=1S/C16H27N3O/c1-6-8-17-15-10-14(9-13(5)18-15)16(20)19(7-2)11-12(3)4/h9-10,12H,6-8,11H2,1-5H3,(H,17,18). The molecule has 1 aromatic heterocycles. The molecule has 1 rings (SSSR count). The molecule has 0 spiro atoms. The number of aryl methyl sites for hydroxylation is 1. The van der Waals surface area contributed by atoms with Crippen molar-refractivity contribution in [3.05, 3.63) is 23.4 Å². The monoisotopic (exact) mass is 277 g/mol. The number of aromatic nitrogens is 1. The highest BCUT2D eigenvalue weighted by molar-refractivity contribution is 5.95. The second kappa shape index (κ2) is 7.88. The van der Waals surface area contributed by atoms with Gasteiger partial charge in [0.1, 0.15) is 5.82 Å². The van der Waals surface area contributed by atoms with Crippen molar-refractivity contribution >= 4 is 11.7 Å². The maximum atomic E-state index is 12.6. The van der Waals surface area contributed by atoms with Gasteiger partial charge in [-0.05, 0) is 38.3 Å². The van der Waals surface area contributed by atoms with Crippen LogP contribution in [0.5, 0.6) is 0 Å². The molecule has 1 N–H and O–H groups in total. The van der Waals surface area contributed by atoms with E-state index in [1.54, 1.807) is 0 Å². The van der Waals surface area contributed by atoms with Crippen molar-refractivity contribution in [2.45, 2.75) is 41.0 Å². The Balaban J connectivity index is 2.93. The number of anilines is 1. The van der Waals surface area contributed by atoms with Crippen LogP contribution in [0.1, 0.15) is 50.2 Å². The highest BCUT2D eigenvalue weighted by atomic mass is 16.2. The van der Waals surface area contributed by atoms with Crippen molar-refractivity contribution in [2.75, 3.05) is 25.0 Å². The summed E-state index contributed by atoms with van der Waals surface area (Å²) in [5.74, 6) is 1.35. The van der Waals surface area contributed by atoms with E-state index in [9.17, 15) is 4.79 Å². The van der Waals surface area contributed by atoms with Crippen molar-refractivity contribution < 1.29 is 4.79 Å². The van der Waals surface area contributed by atoms with Gasteiger partial charge in [-0.25, -0.2) is 4.98 Å². The van der Waals surface area contributed by atoms with Gasteiger partial charge >= 0.3 is 0 Å². The van der Waals surface area contributed by atoms with Gasteiger partial charge in [0, 0.05) is 30.9 Å². The quantitative estimate of drug-likeness (QED) is 0.831. The SMILES string of the molecule is CCCNc1cc(C(=O)N(CC)CC(C)C)cc(C)n1. The normalized spacial score (nSPS) is 10.7. The van der Waals surface area contributed by atoms with Crippen LogP contribution in [0, 0.1) is 12.8 Å². The molecule has 1 aromatic rings. The number of nitrogens with one attached hydrogen (secondary N) is 1. The van der Waals surface area contributed by atoms with Gasteiger partial charge in [0.2, 0.25) is 0 Å². The molecule has 4 heteroatoms. The maximum Gasteiger partial charge on any atom is 0.254 e. The number of carbonyl (C=O) groups is 1. The molecular formula is C16H27N3O. The average molecular weight is 277 g/mol. The van der Waals surface area contributed by atoms with Crippen molar-refractivity contribution in [1.82, 2.24) is 9.88 Å². The largest absolute Gasteiger partial charge is 0.370 e. The first-order valence-corrected chi connectivity index (χ1v) is 7.49. The lowest BCUT2D eigenvalue weighted by Gasteiger charge is -2.23. The van der Waals surface area contributed by atoms with Gasteiger partial charge in [0.25, 0.3) is 5.91 Å². The Bertz CT molecular complexity index is 443. The molecule has 0 radical (unpaired) electrons. The molecule has 0 saturated carbocycles. The molecule has 4 nitrogen and oxygen atoms in total. The summed E-state index contributed by atoms with van der Waals surface area (Å²) >= 11 is 0. The minimum Gasteiger partial charge on any atom is -0.370 e. The minimum absolute atomic E-state index is 0.0891. The number of nitrogens with zero attached hydrogens (tertiary/aromatic N) is 2. The number of hydrogen-bond donors (Lipinski definition) is 1. The molecule has 0 bridgehead atoms. The van der Waals surface area contributed by atoms with Crippen LogP contribution in [-0.2, 0) is 0 Å². The highest BCUT2D eigenvalue weighted by Gasteiger charge is 2.16. The van der Waals surface area contributed by atoms with Gasteiger partial charge in [-0.15, -0.1) is 0 Å². The van der Waals surface area contributed by atoms with Crippen molar-refractivity contribution in [2.24, 2.45) is 5.92 Å². The van der Waals surface area contributed by atoms with Crippen LogP contribution in [0.15, 0.2) is 12.1 Å². The van der Waals surface area contributed by atoms with E-state index in [-0.39, 0.29) is 5.91 Å². The van der Waals surface area contributed by atoms with E-state index in [0.29, 0.717) is 5.92 Å². The summed E-state index contributed by atoms with van der Waals surface area (Å²) in [6.45, 7) is 12.7. The van der Waals surface area contributed by atoms with Gasteiger partial charge in [0.05, 0.1) is 0 Å². The molecule has 0 aliphatic carbocycles. The zero-order valence-corrected chi connectivity index (χ0v) is 13.4. The predicted octanol–water partition coefficient (Wildman–Crippen LogP) is 3.33. The van der Waals surface area contributed by atoms with Gasteiger partial charge < -0.3 is 10.2 Å². The number of amides is 1. The Morgan fingerprint density at radius 2 is 2.05 bits per heavy atom. The first kappa shape index (κ1) is 16.5. The number of rotatable bonds is 7. The number of carbonyl (C=O) groups excluding carboxylic acids is 1. The van der Waals surface area contributed by atoms with E-state index >= 15 is 0 Å². The summed E-state index contributed by atoms with van der Waals surface area (Å²) in [6, 6.07) is 3.72. The van der Waals surface area contributed by atoms with E-state index in [4.69, 9.17) is 0 Å². The minimum atomic E-state index is 0.0891. The van der Waals surface area contributed by atoms with Crippen LogP contribution < -0.4 is 5.32 Å². The second-order valence-corrected chi connectivity index (χ2v) is 5.55. The smallest absolute Gasteiger partial charge is 0.254 e. The molecule has 0 aromatic carbocycles. The third-order valence-corrected chi connectivity index (χ3v) is 3.01.